The molecule has 0 unspecified atom stereocenters. The zero-order valence-corrected chi connectivity index (χ0v) is 15.2. The van der Waals surface area contributed by atoms with Crippen LogP contribution in [0.3, 0.4) is 0 Å². The van der Waals surface area contributed by atoms with Gasteiger partial charge in [0.25, 0.3) is 0 Å². The number of para-hydroxylation sites is 2. The van der Waals surface area contributed by atoms with E-state index in [9.17, 15) is 14.4 Å². The van der Waals surface area contributed by atoms with Gasteiger partial charge in [-0.3, -0.25) is 19.7 Å². The van der Waals surface area contributed by atoms with Crippen LogP contribution < -0.4 is 15.5 Å². The zero-order valence-electron chi connectivity index (χ0n) is 14.4. The van der Waals surface area contributed by atoms with Gasteiger partial charge in [0.1, 0.15) is 5.54 Å². The van der Waals surface area contributed by atoms with E-state index in [4.69, 9.17) is 11.6 Å². The van der Waals surface area contributed by atoms with Crippen molar-refractivity contribution in [2.75, 3.05) is 10.2 Å². The molecule has 0 saturated carbocycles. The molecule has 0 radical (unpaired) electrons. The monoisotopic (exact) mass is 381 g/mol. The van der Waals surface area contributed by atoms with Gasteiger partial charge in [0, 0.05) is 17.3 Å². The van der Waals surface area contributed by atoms with Gasteiger partial charge in [-0.05, 0) is 25.1 Å². The molecule has 1 spiro atoms. The average Bonchev–Trinajstić information content (AvgIpc) is 3.21. The van der Waals surface area contributed by atoms with Gasteiger partial charge in [-0.1, -0.05) is 41.9 Å². The first-order valence-corrected chi connectivity index (χ1v) is 9.15. The molecule has 5 rings (SSSR count). The van der Waals surface area contributed by atoms with Crippen LogP contribution in [0.25, 0.3) is 0 Å². The zero-order chi connectivity index (χ0) is 18.9. The first kappa shape index (κ1) is 16.5. The van der Waals surface area contributed by atoms with Crippen molar-refractivity contribution < 1.29 is 14.4 Å². The summed E-state index contributed by atoms with van der Waals surface area (Å²) in [6.45, 7) is 1.84. The summed E-state index contributed by atoms with van der Waals surface area (Å²) in [4.78, 5) is 40.8. The number of rotatable bonds is 1. The van der Waals surface area contributed by atoms with Gasteiger partial charge in [-0.25, -0.2) is 4.90 Å². The Morgan fingerprint density at radius 3 is 2.48 bits per heavy atom. The number of hydrogen-bond donors (Lipinski definition) is 2. The second kappa shape index (κ2) is 5.41. The summed E-state index contributed by atoms with van der Waals surface area (Å²) in [5, 5.41) is 6.45. The molecule has 4 atom stereocenters. The smallest absolute Gasteiger partial charge is 0.250 e. The third-order valence-corrected chi connectivity index (χ3v) is 6.18. The highest BCUT2D eigenvalue weighted by Crippen LogP contribution is 2.53. The highest BCUT2D eigenvalue weighted by Gasteiger charge is 2.69. The highest BCUT2D eigenvalue weighted by atomic mass is 35.5. The van der Waals surface area contributed by atoms with Crippen LogP contribution in [-0.2, 0) is 19.9 Å². The molecule has 6 nitrogen and oxygen atoms in total. The lowest BCUT2D eigenvalue weighted by molar-refractivity contribution is -0.130. The van der Waals surface area contributed by atoms with Crippen LogP contribution in [-0.4, -0.2) is 23.8 Å². The first-order valence-electron chi connectivity index (χ1n) is 8.78. The van der Waals surface area contributed by atoms with E-state index in [0.29, 0.717) is 22.0 Å². The fourth-order valence-electron chi connectivity index (χ4n) is 4.79. The number of nitrogens with zero attached hydrogens (tertiary/aromatic N) is 1. The number of amides is 3. The van der Waals surface area contributed by atoms with Gasteiger partial charge in [0.2, 0.25) is 17.7 Å². The maximum atomic E-state index is 13.4. The van der Waals surface area contributed by atoms with Gasteiger partial charge >= 0.3 is 0 Å². The summed E-state index contributed by atoms with van der Waals surface area (Å²) < 4.78 is 0. The van der Waals surface area contributed by atoms with Crippen LogP contribution in [0.1, 0.15) is 12.5 Å². The molecule has 7 heteroatoms. The Labute approximate surface area is 160 Å². The molecule has 0 aromatic heterocycles. The van der Waals surface area contributed by atoms with Crippen LogP contribution in [0.5, 0.6) is 0 Å². The lowest BCUT2D eigenvalue weighted by Crippen LogP contribution is -2.53. The van der Waals surface area contributed by atoms with Gasteiger partial charge in [-0.15, -0.1) is 0 Å². The molecule has 3 aliphatic heterocycles. The van der Waals surface area contributed by atoms with Crippen molar-refractivity contribution in [2.24, 2.45) is 11.8 Å². The summed E-state index contributed by atoms with van der Waals surface area (Å²) in [5.41, 5.74) is 0.483. The largest absolute Gasteiger partial charge is 0.324 e. The molecule has 0 aliphatic carbocycles. The van der Waals surface area contributed by atoms with Crippen molar-refractivity contribution >= 4 is 40.7 Å². The Balaban J connectivity index is 1.69. The van der Waals surface area contributed by atoms with Gasteiger partial charge in [0.05, 0.1) is 22.5 Å². The number of halogens is 1. The molecule has 27 heavy (non-hydrogen) atoms. The molecule has 0 bridgehead atoms. The van der Waals surface area contributed by atoms with Crippen molar-refractivity contribution in [2.45, 2.75) is 18.5 Å². The highest BCUT2D eigenvalue weighted by molar-refractivity contribution is 6.36. The number of carbonyl (C=O) groups is 3. The number of imide groups is 1. The Morgan fingerprint density at radius 1 is 1.00 bits per heavy atom. The summed E-state index contributed by atoms with van der Waals surface area (Å²) in [6, 6.07) is 13.7. The van der Waals surface area contributed by atoms with E-state index in [2.05, 4.69) is 10.6 Å². The Kier molecular flexibility index (Phi) is 3.30. The molecule has 2 saturated heterocycles. The quantitative estimate of drug-likeness (QED) is 0.743. The van der Waals surface area contributed by atoms with Gasteiger partial charge < -0.3 is 5.32 Å². The second-order valence-corrected chi connectivity index (χ2v) is 7.61. The molecule has 3 amide bonds. The standard InChI is InChI=1S/C20H16ClN3O3/c1-10-15-16(18(26)24(17(15)25)14-9-5-3-7-12(14)21)20(23-10)11-6-2-4-8-13(11)22-19(20)27/h2-10,15-16,23H,1H3,(H,22,27)/t10-,15-,16+,20+/m1/s1. The van der Waals surface area contributed by atoms with E-state index in [1.807, 2.05) is 25.1 Å². The molecule has 2 aromatic carbocycles. The van der Waals surface area contributed by atoms with E-state index in [0.717, 1.165) is 4.90 Å². The number of anilines is 2. The summed E-state index contributed by atoms with van der Waals surface area (Å²) in [7, 11) is 0. The Morgan fingerprint density at radius 2 is 1.70 bits per heavy atom. The van der Waals surface area contributed by atoms with Crippen LogP contribution in [0.2, 0.25) is 5.02 Å². The molecule has 3 aliphatic rings. The van der Waals surface area contributed by atoms with Crippen LogP contribution >= 0.6 is 11.6 Å². The Hall–Kier alpha value is -2.70. The Bertz CT molecular complexity index is 1020. The van der Waals surface area contributed by atoms with Crippen LogP contribution in [0.4, 0.5) is 11.4 Å². The molecule has 2 fully saturated rings. The summed E-state index contributed by atoms with van der Waals surface area (Å²) in [6.07, 6.45) is 0. The minimum absolute atomic E-state index is 0.301. The number of benzene rings is 2. The topological polar surface area (TPSA) is 78.5 Å². The lowest BCUT2D eigenvalue weighted by atomic mass is 9.76. The molecular weight excluding hydrogens is 366 g/mol. The third kappa shape index (κ3) is 1.91. The van der Waals surface area contributed by atoms with Crippen molar-refractivity contribution in [3.05, 3.63) is 59.1 Å². The SMILES string of the molecule is C[C@H]1N[C@]2(C(=O)Nc3ccccc32)[C@@H]2C(=O)N(c3ccccc3Cl)C(=O)[C@@H]21. The summed E-state index contributed by atoms with van der Waals surface area (Å²) in [5.74, 6) is -2.48. The van der Waals surface area contributed by atoms with Crippen molar-refractivity contribution in [3.8, 4) is 0 Å². The van der Waals surface area contributed by atoms with Crippen LogP contribution in [0.15, 0.2) is 48.5 Å². The van der Waals surface area contributed by atoms with Gasteiger partial charge in [-0.2, -0.15) is 0 Å². The third-order valence-electron chi connectivity index (χ3n) is 5.86. The predicted octanol–water partition coefficient (Wildman–Crippen LogP) is 2.28. The predicted molar refractivity (Wildman–Crippen MR) is 100 cm³/mol. The number of nitrogens with one attached hydrogen (secondary N) is 2. The van der Waals surface area contributed by atoms with E-state index < -0.39 is 23.3 Å². The molecule has 136 valence electrons. The molecule has 2 N–H and O–H groups in total. The summed E-state index contributed by atoms with van der Waals surface area (Å²) >= 11 is 6.25. The van der Waals surface area contributed by atoms with Crippen LogP contribution in [0, 0.1) is 11.8 Å². The van der Waals surface area contributed by atoms with E-state index in [-0.39, 0.29) is 17.9 Å². The van der Waals surface area contributed by atoms with Gasteiger partial charge in [0.15, 0.2) is 0 Å². The lowest BCUT2D eigenvalue weighted by Gasteiger charge is -2.29. The maximum absolute atomic E-state index is 13.4. The molecular formula is C20H16ClN3O3. The maximum Gasteiger partial charge on any atom is 0.250 e. The van der Waals surface area contributed by atoms with Crippen molar-refractivity contribution in [1.29, 1.82) is 0 Å². The normalized spacial score (nSPS) is 31.4. The molecule has 2 aromatic rings. The average molecular weight is 382 g/mol. The van der Waals surface area contributed by atoms with E-state index in [1.54, 1.807) is 30.3 Å². The minimum atomic E-state index is -1.25. The molecule has 3 heterocycles. The van der Waals surface area contributed by atoms with E-state index >= 15 is 0 Å². The fraction of sp³-hybridized carbons (Fsp3) is 0.250. The van der Waals surface area contributed by atoms with Crippen molar-refractivity contribution in [1.82, 2.24) is 5.32 Å². The number of fused-ring (bicyclic) bond motifs is 4. The van der Waals surface area contributed by atoms with Crippen molar-refractivity contribution in [3.63, 3.8) is 0 Å². The second-order valence-electron chi connectivity index (χ2n) is 7.21. The fourth-order valence-corrected chi connectivity index (χ4v) is 5.01. The number of hydrogen-bond acceptors (Lipinski definition) is 4. The minimum Gasteiger partial charge on any atom is -0.324 e. The number of carbonyl (C=O) groups excluding carboxylic acids is 3. The first-order chi connectivity index (χ1) is 13.0. The van der Waals surface area contributed by atoms with E-state index in [1.165, 1.54) is 0 Å².